The quantitative estimate of drug-likeness (QED) is 0.669. The molecule has 2 N–H and O–H groups in total. The average Bonchev–Trinajstić information content (AvgIpc) is 2.25. The van der Waals surface area contributed by atoms with Crippen LogP contribution in [0.25, 0.3) is 0 Å². The molecule has 0 bridgehead atoms. The highest BCUT2D eigenvalue weighted by molar-refractivity contribution is 5.27. The van der Waals surface area contributed by atoms with Crippen LogP contribution in [0.5, 0.6) is 0 Å². The fraction of sp³-hybridized carbons (Fsp3) is 0.714. The van der Waals surface area contributed by atoms with E-state index in [1.807, 2.05) is 6.92 Å². The Morgan fingerprint density at radius 2 is 2.00 bits per heavy atom. The minimum Gasteiger partial charge on any atom is -0.390 e. The lowest BCUT2D eigenvalue weighted by atomic mass is 9.70. The van der Waals surface area contributed by atoms with E-state index in [4.69, 9.17) is 0 Å². The minimum absolute atomic E-state index is 0.112. The van der Waals surface area contributed by atoms with Crippen molar-refractivity contribution in [3.05, 3.63) is 23.3 Å². The zero-order valence-electron chi connectivity index (χ0n) is 10.2. The lowest BCUT2D eigenvalue weighted by Gasteiger charge is -2.39. The van der Waals surface area contributed by atoms with E-state index in [2.05, 4.69) is 13.5 Å². The maximum Gasteiger partial charge on any atom is 0.0864 e. The maximum atomic E-state index is 9.90. The molecule has 0 amide bonds. The Morgan fingerprint density at radius 1 is 1.31 bits per heavy atom. The van der Waals surface area contributed by atoms with Gasteiger partial charge in [0.1, 0.15) is 0 Å². The van der Waals surface area contributed by atoms with Crippen molar-refractivity contribution in [1.82, 2.24) is 0 Å². The number of rotatable bonds is 1. The Hall–Kier alpha value is -0.600. The Kier molecular flexibility index (Phi) is 3.22. The average molecular weight is 222 g/mol. The number of hydrogen-bond acceptors (Lipinski definition) is 2. The van der Waals surface area contributed by atoms with Gasteiger partial charge in [0.25, 0.3) is 0 Å². The van der Waals surface area contributed by atoms with E-state index in [1.165, 1.54) is 16.7 Å². The van der Waals surface area contributed by atoms with Crippen molar-refractivity contribution >= 4 is 0 Å². The summed E-state index contributed by atoms with van der Waals surface area (Å²) in [5.41, 5.74) is 4.03. The predicted molar refractivity (Wildman–Crippen MR) is 65.0 cm³/mol. The lowest BCUT2D eigenvalue weighted by molar-refractivity contribution is -0.0142. The van der Waals surface area contributed by atoms with Crippen molar-refractivity contribution in [2.24, 2.45) is 11.8 Å². The molecule has 0 aromatic rings. The highest BCUT2D eigenvalue weighted by Gasteiger charge is 2.36. The fourth-order valence-corrected chi connectivity index (χ4v) is 3.10. The summed E-state index contributed by atoms with van der Waals surface area (Å²) in [6.45, 7) is 8.16. The molecule has 0 saturated heterocycles. The maximum absolute atomic E-state index is 9.90. The van der Waals surface area contributed by atoms with E-state index in [0.717, 1.165) is 19.3 Å². The molecule has 0 unspecified atom stereocenters. The van der Waals surface area contributed by atoms with Crippen LogP contribution < -0.4 is 0 Å². The summed E-state index contributed by atoms with van der Waals surface area (Å²) in [5, 5.41) is 19.7. The van der Waals surface area contributed by atoms with Gasteiger partial charge in [0.2, 0.25) is 0 Å². The summed E-state index contributed by atoms with van der Waals surface area (Å²) in [5.74, 6) is 0.685. The molecule has 0 heterocycles. The van der Waals surface area contributed by atoms with E-state index in [-0.39, 0.29) is 5.92 Å². The molecule has 90 valence electrons. The normalized spacial score (nSPS) is 39.5. The van der Waals surface area contributed by atoms with Crippen LogP contribution >= 0.6 is 0 Å². The molecule has 0 aliphatic heterocycles. The number of hydrogen-bond donors (Lipinski definition) is 2. The third-order valence-electron chi connectivity index (χ3n) is 4.32. The Labute approximate surface area is 97.7 Å². The van der Waals surface area contributed by atoms with Gasteiger partial charge in [-0.3, -0.25) is 0 Å². The summed E-state index contributed by atoms with van der Waals surface area (Å²) < 4.78 is 0. The van der Waals surface area contributed by atoms with E-state index in [1.54, 1.807) is 0 Å². The number of allylic oxidation sites excluding steroid dienone is 1. The molecule has 4 atom stereocenters. The van der Waals surface area contributed by atoms with E-state index in [9.17, 15) is 10.2 Å². The van der Waals surface area contributed by atoms with Crippen LogP contribution in [0.4, 0.5) is 0 Å². The molecular weight excluding hydrogens is 200 g/mol. The van der Waals surface area contributed by atoms with Crippen LogP contribution in [0.3, 0.4) is 0 Å². The van der Waals surface area contributed by atoms with Crippen molar-refractivity contribution < 1.29 is 10.2 Å². The summed E-state index contributed by atoms with van der Waals surface area (Å²) in [4.78, 5) is 0. The van der Waals surface area contributed by atoms with Crippen LogP contribution in [-0.4, -0.2) is 22.4 Å². The zero-order valence-corrected chi connectivity index (χ0v) is 10.2. The van der Waals surface area contributed by atoms with Crippen molar-refractivity contribution in [1.29, 1.82) is 0 Å². The summed E-state index contributed by atoms with van der Waals surface area (Å²) in [6.07, 6.45) is 2.79. The number of aliphatic hydroxyl groups is 2. The second-order valence-corrected chi connectivity index (χ2v) is 5.47. The van der Waals surface area contributed by atoms with E-state index in [0.29, 0.717) is 12.3 Å². The van der Waals surface area contributed by atoms with Crippen LogP contribution in [0.1, 0.15) is 39.5 Å². The van der Waals surface area contributed by atoms with Crippen molar-refractivity contribution in [3.8, 4) is 0 Å². The van der Waals surface area contributed by atoms with Crippen molar-refractivity contribution in [2.75, 3.05) is 0 Å². The molecule has 2 heteroatoms. The molecule has 2 nitrogen and oxygen atoms in total. The molecule has 0 fully saturated rings. The predicted octanol–water partition coefficient (Wildman–Crippen LogP) is 2.42. The van der Waals surface area contributed by atoms with Gasteiger partial charge < -0.3 is 10.2 Å². The fourth-order valence-electron chi connectivity index (χ4n) is 3.10. The topological polar surface area (TPSA) is 40.5 Å². The van der Waals surface area contributed by atoms with Crippen LogP contribution in [-0.2, 0) is 0 Å². The van der Waals surface area contributed by atoms with Gasteiger partial charge in [-0.2, -0.15) is 0 Å². The first-order chi connectivity index (χ1) is 7.50. The van der Waals surface area contributed by atoms with Gasteiger partial charge in [0, 0.05) is 5.92 Å². The lowest BCUT2D eigenvalue weighted by Crippen LogP contribution is -2.39. The van der Waals surface area contributed by atoms with Gasteiger partial charge in [-0.25, -0.2) is 0 Å². The standard InChI is InChI=1S/C14H22O2/c1-8(2)10-4-5-11-7-13(15)14(16)9(3)12(11)6-10/h9-10,13-16H,1,4-7H2,2-3H3/t9-,10-,13-,14-/m1/s1. The third-order valence-corrected chi connectivity index (χ3v) is 4.32. The molecule has 0 aromatic heterocycles. The first kappa shape index (κ1) is 11.9. The van der Waals surface area contributed by atoms with Gasteiger partial charge >= 0.3 is 0 Å². The minimum atomic E-state index is -0.581. The molecule has 2 aliphatic rings. The Morgan fingerprint density at radius 3 is 2.62 bits per heavy atom. The summed E-state index contributed by atoms with van der Waals surface area (Å²) in [7, 11) is 0. The second kappa shape index (κ2) is 4.34. The molecule has 2 aliphatic carbocycles. The van der Waals surface area contributed by atoms with Crippen LogP contribution in [0.15, 0.2) is 23.3 Å². The van der Waals surface area contributed by atoms with Crippen molar-refractivity contribution in [3.63, 3.8) is 0 Å². The summed E-state index contributed by atoms with van der Waals surface area (Å²) in [6, 6.07) is 0. The zero-order chi connectivity index (χ0) is 11.9. The molecular formula is C14H22O2. The second-order valence-electron chi connectivity index (χ2n) is 5.47. The highest BCUT2D eigenvalue weighted by Crippen LogP contribution is 2.42. The summed E-state index contributed by atoms with van der Waals surface area (Å²) >= 11 is 0. The molecule has 16 heavy (non-hydrogen) atoms. The third kappa shape index (κ3) is 1.96. The first-order valence-electron chi connectivity index (χ1n) is 6.23. The SMILES string of the molecule is C=C(C)[C@@H]1CCC2=C(C1)[C@@H](C)[C@@H](O)[C@H](O)C2. The molecule has 0 spiro atoms. The molecule has 0 radical (unpaired) electrons. The number of aliphatic hydroxyl groups excluding tert-OH is 2. The first-order valence-corrected chi connectivity index (χ1v) is 6.23. The largest absolute Gasteiger partial charge is 0.390 e. The van der Waals surface area contributed by atoms with Crippen molar-refractivity contribution in [2.45, 2.75) is 51.7 Å². The highest BCUT2D eigenvalue weighted by atomic mass is 16.3. The van der Waals surface area contributed by atoms with E-state index >= 15 is 0 Å². The van der Waals surface area contributed by atoms with Crippen LogP contribution in [0, 0.1) is 11.8 Å². The monoisotopic (exact) mass is 222 g/mol. The molecule has 0 saturated carbocycles. The van der Waals surface area contributed by atoms with Gasteiger partial charge in [-0.15, -0.1) is 0 Å². The smallest absolute Gasteiger partial charge is 0.0864 e. The van der Waals surface area contributed by atoms with Gasteiger partial charge in [-0.1, -0.05) is 30.2 Å². The van der Waals surface area contributed by atoms with Gasteiger partial charge in [0.05, 0.1) is 12.2 Å². The molecule has 0 aromatic carbocycles. The van der Waals surface area contributed by atoms with Gasteiger partial charge in [-0.05, 0) is 38.5 Å². The molecule has 2 rings (SSSR count). The Balaban J connectivity index is 2.22. The van der Waals surface area contributed by atoms with E-state index < -0.39 is 12.2 Å². The Bertz CT molecular complexity index is 330. The van der Waals surface area contributed by atoms with Crippen LogP contribution in [0.2, 0.25) is 0 Å². The van der Waals surface area contributed by atoms with Gasteiger partial charge in [0.15, 0.2) is 0 Å².